The number of carbonyl (C=O) groups is 5. The SMILES string of the molecule is C=C=C[C@@]1(OC(=O)c2ccccc2)C(C)[C@@H](COC(=O)c2ccccc2)O[C@H]1n1ccc(=O)[nH]c1=O.C=C=C[C@]1(OC(=O)c2ccccc2)C(OC(=O)c2ccccc2)O[C@H](COC(=O)c2ccccc2)C1C.C[Si](C)(C)Oc1ccnc(O[Si](C)(C)C)n1. The number of nitrogens with one attached hydrogen (secondary N) is 1. The number of benzene rings is 5. The maximum absolute atomic E-state index is 13.1. The van der Waals surface area contributed by atoms with Crippen LogP contribution < -0.4 is 20.1 Å². The Morgan fingerprint density at radius 2 is 0.966 bits per heavy atom. The summed E-state index contributed by atoms with van der Waals surface area (Å²) in [4.78, 5) is 99.1. The number of hydrogen-bond acceptors (Lipinski definition) is 18. The minimum Gasteiger partial charge on any atom is -0.531 e. The van der Waals surface area contributed by atoms with Crippen molar-refractivity contribution in [3.8, 4) is 11.9 Å². The van der Waals surface area contributed by atoms with Crippen LogP contribution in [0.1, 0.15) is 71.9 Å². The van der Waals surface area contributed by atoms with Gasteiger partial charge in [0.25, 0.3) is 5.56 Å². The van der Waals surface area contributed by atoms with Crippen LogP contribution in [-0.2, 0) is 33.2 Å². The third kappa shape index (κ3) is 17.9. The summed E-state index contributed by atoms with van der Waals surface area (Å²) in [5, 5.41) is 0. The molecule has 9 rings (SSSR count). The van der Waals surface area contributed by atoms with Crippen LogP contribution >= 0.6 is 0 Å². The number of rotatable bonds is 19. The largest absolute Gasteiger partial charge is 0.531 e. The summed E-state index contributed by atoms with van der Waals surface area (Å²) in [6, 6.07) is 45.4. The third-order valence-electron chi connectivity index (χ3n) is 13.6. The summed E-state index contributed by atoms with van der Waals surface area (Å²) in [5.41, 5.74) is 2.44. The van der Waals surface area contributed by atoms with Crippen LogP contribution in [0.25, 0.3) is 0 Å². The van der Waals surface area contributed by atoms with Crippen LogP contribution in [0.3, 0.4) is 0 Å². The first-order chi connectivity index (χ1) is 42.5. The molecule has 5 aromatic carbocycles. The molecule has 462 valence electrons. The first kappa shape index (κ1) is 66.7. The van der Waals surface area contributed by atoms with Crippen LogP contribution in [0, 0.1) is 11.8 Å². The van der Waals surface area contributed by atoms with Crippen molar-refractivity contribution in [2.45, 2.75) is 89.1 Å². The Bertz CT molecular complexity index is 3740. The van der Waals surface area contributed by atoms with Crippen LogP contribution in [0.5, 0.6) is 11.9 Å². The Morgan fingerprint density at radius 1 is 0.562 bits per heavy atom. The highest BCUT2D eigenvalue weighted by molar-refractivity contribution is 6.70. The molecule has 89 heavy (non-hydrogen) atoms. The number of carbonyl (C=O) groups excluding carboxylic acids is 5. The van der Waals surface area contributed by atoms with Crippen LogP contribution in [0.2, 0.25) is 39.3 Å². The van der Waals surface area contributed by atoms with Crippen molar-refractivity contribution in [1.82, 2.24) is 19.5 Å². The number of ether oxygens (including phenoxy) is 7. The van der Waals surface area contributed by atoms with Gasteiger partial charge in [0.15, 0.2) is 11.8 Å². The number of aromatic amines is 1. The van der Waals surface area contributed by atoms with Gasteiger partial charge in [0.1, 0.15) is 25.4 Å². The smallest absolute Gasteiger partial charge is 0.340 e. The molecule has 8 atom stereocenters. The lowest BCUT2D eigenvalue weighted by molar-refractivity contribution is -0.162. The van der Waals surface area contributed by atoms with Gasteiger partial charge in [0.05, 0.1) is 27.8 Å². The molecule has 2 aliphatic heterocycles. The summed E-state index contributed by atoms with van der Waals surface area (Å²) in [6.45, 7) is 23.1. The second-order valence-electron chi connectivity index (χ2n) is 22.3. The summed E-state index contributed by atoms with van der Waals surface area (Å²) in [7, 11) is -3.26. The van der Waals surface area contributed by atoms with E-state index < -0.39 is 105 Å². The molecular weight excluding hydrogens is 1170 g/mol. The molecule has 22 heteroatoms. The van der Waals surface area contributed by atoms with Gasteiger partial charge < -0.3 is 42.0 Å². The van der Waals surface area contributed by atoms with Crippen LogP contribution in [-0.4, -0.2) is 109 Å². The Morgan fingerprint density at radius 3 is 1.40 bits per heavy atom. The first-order valence-electron chi connectivity index (χ1n) is 28.3. The Labute approximate surface area is 517 Å². The highest BCUT2D eigenvalue weighted by atomic mass is 28.4. The zero-order chi connectivity index (χ0) is 64.4. The van der Waals surface area contributed by atoms with E-state index in [4.69, 9.17) is 42.0 Å². The minimum absolute atomic E-state index is 0.163. The molecule has 2 aliphatic rings. The van der Waals surface area contributed by atoms with Gasteiger partial charge in [0.2, 0.25) is 34.4 Å². The molecule has 0 saturated carbocycles. The molecule has 2 fully saturated rings. The first-order valence-corrected chi connectivity index (χ1v) is 35.1. The van der Waals surface area contributed by atoms with Crippen molar-refractivity contribution >= 4 is 46.5 Å². The van der Waals surface area contributed by atoms with Gasteiger partial charge in [-0.05, 0) is 99.9 Å². The summed E-state index contributed by atoms with van der Waals surface area (Å²) in [6.07, 6.45) is 1.65. The zero-order valence-corrected chi connectivity index (χ0v) is 52.6. The van der Waals surface area contributed by atoms with Crippen molar-refractivity contribution < 1.29 is 66.0 Å². The fourth-order valence-corrected chi connectivity index (χ4v) is 10.6. The summed E-state index contributed by atoms with van der Waals surface area (Å²) >= 11 is 0. The van der Waals surface area contributed by atoms with E-state index in [-0.39, 0.29) is 18.8 Å². The number of H-pyrrole nitrogens is 1. The molecule has 2 aromatic heterocycles. The fraction of sp³-hybridized carbons (Fsp3) is 0.269. The minimum atomic E-state index is -1.65. The summed E-state index contributed by atoms with van der Waals surface area (Å²) < 4.78 is 53.5. The molecule has 0 spiro atoms. The van der Waals surface area contributed by atoms with E-state index in [1.807, 2.05) is 0 Å². The van der Waals surface area contributed by atoms with Crippen molar-refractivity contribution in [1.29, 1.82) is 0 Å². The average molecular weight is 1240 g/mol. The normalized spacial score (nSPS) is 20.8. The third-order valence-corrected chi connectivity index (χ3v) is 15.2. The fourth-order valence-electron chi connectivity index (χ4n) is 9.22. The van der Waals surface area contributed by atoms with Crippen LogP contribution in [0.4, 0.5) is 0 Å². The molecule has 0 aliphatic carbocycles. The van der Waals surface area contributed by atoms with E-state index in [0.29, 0.717) is 34.1 Å². The van der Waals surface area contributed by atoms with Crippen molar-refractivity contribution in [2.75, 3.05) is 13.2 Å². The molecule has 20 nitrogen and oxygen atoms in total. The monoisotopic (exact) mass is 1240 g/mol. The van der Waals surface area contributed by atoms with Gasteiger partial charge in [-0.1, -0.05) is 118 Å². The molecule has 0 radical (unpaired) electrons. The lowest BCUT2D eigenvalue weighted by Gasteiger charge is -2.34. The highest BCUT2D eigenvalue weighted by Gasteiger charge is 2.60. The number of esters is 5. The maximum atomic E-state index is 13.1. The quantitative estimate of drug-likeness (QED) is 0.0342. The molecule has 4 heterocycles. The van der Waals surface area contributed by atoms with E-state index >= 15 is 0 Å². The number of nitrogens with zero attached hydrogens (tertiary/aromatic N) is 3. The zero-order valence-electron chi connectivity index (χ0n) is 50.6. The van der Waals surface area contributed by atoms with Gasteiger partial charge >= 0.3 is 41.5 Å². The Hall–Kier alpha value is -9.80. The molecule has 0 amide bonds. The molecule has 7 aromatic rings. The predicted molar refractivity (Wildman–Crippen MR) is 334 cm³/mol. The molecule has 2 saturated heterocycles. The lowest BCUT2D eigenvalue weighted by atomic mass is 9.85. The Balaban J connectivity index is 0.000000205. The van der Waals surface area contributed by atoms with E-state index in [1.54, 1.807) is 178 Å². The van der Waals surface area contributed by atoms with Crippen molar-refractivity contribution in [3.63, 3.8) is 0 Å². The molecule has 3 unspecified atom stereocenters. The maximum Gasteiger partial charge on any atom is 0.340 e. The number of aromatic nitrogens is 4. The second-order valence-corrected chi connectivity index (χ2v) is 31.2. The van der Waals surface area contributed by atoms with E-state index in [0.717, 1.165) is 10.6 Å². The second kappa shape index (κ2) is 30.2. The summed E-state index contributed by atoms with van der Waals surface area (Å²) in [5.74, 6) is -3.68. The lowest BCUT2D eigenvalue weighted by Crippen LogP contribution is -2.48. The average Bonchev–Trinajstić information content (AvgIpc) is 1.69. The van der Waals surface area contributed by atoms with E-state index in [2.05, 4.69) is 78.9 Å². The predicted octanol–water partition coefficient (Wildman–Crippen LogP) is 10.8. The van der Waals surface area contributed by atoms with Gasteiger partial charge in [-0.2, -0.15) is 4.98 Å². The molecule has 0 bridgehead atoms. The number of hydrogen-bond donors (Lipinski definition) is 1. The molecule has 1 N–H and O–H groups in total. The standard InChI is InChI=1S/C30H26O7.C27H24N2O7.C10H20N2O2Si2/c1-3-19-30(37-28(33)24-17-11-6-12-18-24)21(2)25(20-34-26(31)22-13-7-4-8-14-22)35-29(30)36-27(32)23-15-9-5-10-16-23;1-3-15-27(36-24(32)20-12-8-5-9-13-20)18(2)21(17-34-23(31)19-10-6-4-7-11-19)35-25(27)29-16-14-22(30)28-26(29)33;1-15(2,3)13-9-7-8-11-10(12-9)14-16(4,5)6/h4-19,21,25,29H,1,20H2,2H3;4-16,18,21,25H,1,17H2,2H3,(H,28,30,33);7-8H,1-6H3/t21?,25-,29?,30-;18?,21-,25-,27-;/m11./s1. The van der Waals surface area contributed by atoms with Gasteiger partial charge in [-0.15, -0.1) is 11.5 Å². The van der Waals surface area contributed by atoms with E-state index in [1.165, 1.54) is 18.3 Å². The van der Waals surface area contributed by atoms with Crippen molar-refractivity contribution in [2.24, 2.45) is 11.8 Å². The van der Waals surface area contributed by atoms with Gasteiger partial charge in [-0.25, -0.2) is 33.8 Å². The van der Waals surface area contributed by atoms with Crippen molar-refractivity contribution in [3.05, 3.63) is 262 Å². The van der Waals surface area contributed by atoms with E-state index in [9.17, 15) is 33.6 Å². The molecular formula is C67H70N4O16Si2. The van der Waals surface area contributed by atoms with Crippen LogP contribution in [0.15, 0.2) is 223 Å². The Kier molecular flexibility index (Phi) is 22.7. The highest BCUT2D eigenvalue weighted by Crippen LogP contribution is 2.47. The topological polar surface area (TPSA) is 249 Å². The van der Waals surface area contributed by atoms with Gasteiger partial charge in [-0.3, -0.25) is 14.3 Å². The van der Waals surface area contributed by atoms with Gasteiger partial charge in [0, 0.05) is 48.5 Å².